The van der Waals surface area contributed by atoms with E-state index in [1.54, 1.807) is 12.1 Å². The molecule has 1 aliphatic rings. The molecular weight excluding hydrogens is 209 g/mol. The summed E-state index contributed by atoms with van der Waals surface area (Å²) in [5.74, 6) is -0.526. The maximum atomic E-state index is 13.0. The Morgan fingerprint density at radius 1 is 1.50 bits per heavy atom. The number of nitrogens with two attached hydrogens (primary N) is 1. The average Bonchev–Trinajstić information content (AvgIpc) is 2.60. The van der Waals surface area contributed by atoms with Crippen LogP contribution in [0.5, 0.6) is 0 Å². The molecule has 0 unspecified atom stereocenters. The van der Waals surface area contributed by atoms with Crippen LogP contribution in [0.3, 0.4) is 0 Å². The molecule has 0 spiro atoms. The smallest absolute Gasteiger partial charge is 0.253 e. The molecule has 1 aromatic rings. The van der Waals surface area contributed by atoms with Crippen molar-refractivity contribution in [2.24, 2.45) is 10.8 Å². The van der Waals surface area contributed by atoms with Crippen molar-refractivity contribution in [3.8, 4) is 0 Å². The Morgan fingerprint density at radius 3 is 3.00 bits per heavy atom. The number of hydrazone groups is 1. The molecule has 0 radical (unpaired) electrons. The number of hydrogen-bond acceptors (Lipinski definition) is 3. The molecule has 1 aromatic carbocycles. The second-order valence-electron chi connectivity index (χ2n) is 3.57. The van der Waals surface area contributed by atoms with Gasteiger partial charge in [0.2, 0.25) is 0 Å². The predicted molar refractivity (Wildman–Crippen MR) is 59.6 cm³/mol. The van der Waals surface area contributed by atoms with E-state index < -0.39 is 0 Å². The summed E-state index contributed by atoms with van der Waals surface area (Å²) >= 11 is 0. The zero-order valence-electron chi connectivity index (χ0n) is 8.69. The molecule has 1 amide bonds. The van der Waals surface area contributed by atoms with Crippen molar-refractivity contribution in [1.82, 2.24) is 0 Å². The first kappa shape index (κ1) is 10.8. The van der Waals surface area contributed by atoms with Gasteiger partial charge < -0.3 is 5.73 Å². The van der Waals surface area contributed by atoms with Crippen molar-refractivity contribution in [3.63, 3.8) is 0 Å². The normalized spacial score (nSPS) is 15.5. The van der Waals surface area contributed by atoms with Crippen LogP contribution in [-0.2, 0) is 4.79 Å². The van der Waals surface area contributed by atoms with Crippen LogP contribution in [0.2, 0.25) is 0 Å². The van der Waals surface area contributed by atoms with E-state index in [1.807, 2.05) is 0 Å². The van der Waals surface area contributed by atoms with E-state index in [-0.39, 0.29) is 18.1 Å². The minimum absolute atomic E-state index is 0.144. The number of halogens is 1. The Morgan fingerprint density at radius 2 is 2.31 bits per heavy atom. The molecule has 16 heavy (non-hydrogen) atoms. The van der Waals surface area contributed by atoms with Crippen molar-refractivity contribution in [1.29, 1.82) is 0 Å². The van der Waals surface area contributed by atoms with Gasteiger partial charge in [-0.1, -0.05) is 6.07 Å². The Hall–Kier alpha value is -1.75. The lowest BCUT2D eigenvalue weighted by Crippen LogP contribution is -2.19. The number of carbonyl (C=O) groups is 1. The highest BCUT2D eigenvalue weighted by Crippen LogP contribution is 2.21. The van der Waals surface area contributed by atoms with Crippen molar-refractivity contribution >= 4 is 17.3 Å². The van der Waals surface area contributed by atoms with Crippen molar-refractivity contribution in [3.05, 3.63) is 30.1 Å². The molecular formula is C11H12FN3O. The minimum atomic E-state index is -0.382. The average molecular weight is 221 g/mol. The van der Waals surface area contributed by atoms with E-state index in [1.165, 1.54) is 17.1 Å². The van der Waals surface area contributed by atoms with Crippen LogP contribution >= 0.6 is 0 Å². The van der Waals surface area contributed by atoms with E-state index in [2.05, 4.69) is 5.10 Å². The first-order chi connectivity index (χ1) is 7.70. The van der Waals surface area contributed by atoms with Gasteiger partial charge in [-0.2, -0.15) is 5.10 Å². The van der Waals surface area contributed by atoms with Crippen LogP contribution in [0.1, 0.15) is 12.8 Å². The fourth-order valence-corrected chi connectivity index (χ4v) is 1.60. The van der Waals surface area contributed by atoms with Gasteiger partial charge in [-0.05, 0) is 24.7 Å². The van der Waals surface area contributed by atoms with Gasteiger partial charge in [-0.15, -0.1) is 0 Å². The zero-order valence-corrected chi connectivity index (χ0v) is 8.69. The van der Waals surface area contributed by atoms with Crippen LogP contribution in [-0.4, -0.2) is 18.2 Å². The highest BCUT2D eigenvalue weighted by atomic mass is 19.1. The Kier molecular flexibility index (Phi) is 2.96. The summed E-state index contributed by atoms with van der Waals surface area (Å²) in [6.07, 6.45) is 0.866. The van der Waals surface area contributed by atoms with Crippen LogP contribution in [0.25, 0.3) is 0 Å². The zero-order chi connectivity index (χ0) is 11.5. The molecule has 0 atom stereocenters. The van der Waals surface area contributed by atoms with E-state index in [0.29, 0.717) is 18.7 Å². The fraction of sp³-hybridized carbons (Fsp3) is 0.273. The first-order valence-electron chi connectivity index (χ1n) is 5.05. The van der Waals surface area contributed by atoms with E-state index in [0.717, 1.165) is 5.71 Å². The molecule has 0 saturated heterocycles. The summed E-state index contributed by atoms with van der Waals surface area (Å²) in [6, 6.07) is 5.81. The third kappa shape index (κ3) is 2.09. The fourth-order valence-electron chi connectivity index (χ4n) is 1.60. The summed E-state index contributed by atoms with van der Waals surface area (Å²) in [7, 11) is 0. The van der Waals surface area contributed by atoms with Gasteiger partial charge in [0, 0.05) is 12.1 Å². The van der Waals surface area contributed by atoms with Gasteiger partial charge in [0.1, 0.15) is 5.82 Å². The van der Waals surface area contributed by atoms with Gasteiger partial charge in [0.05, 0.1) is 12.1 Å². The Bertz CT molecular complexity index is 445. The lowest BCUT2D eigenvalue weighted by atomic mass is 10.2. The molecule has 84 valence electrons. The lowest BCUT2D eigenvalue weighted by Gasteiger charge is -2.10. The minimum Gasteiger partial charge on any atom is -0.330 e. The number of anilines is 1. The summed E-state index contributed by atoms with van der Waals surface area (Å²) in [6.45, 7) is 0.461. The molecule has 0 fully saturated rings. The van der Waals surface area contributed by atoms with Crippen molar-refractivity contribution in [2.75, 3.05) is 11.6 Å². The van der Waals surface area contributed by atoms with Crippen molar-refractivity contribution in [2.45, 2.75) is 12.8 Å². The maximum absolute atomic E-state index is 13.0. The molecule has 2 N–H and O–H groups in total. The molecule has 1 heterocycles. The second kappa shape index (κ2) is 4.40. The van der Waals surface area contributed by atoms with Gasteiger partial charge in [-0.3, -0.25) is 4.79 Å². The molecule has 4 nitrogen and oxygen atoms in total. The Labute approximate surface area is 92.5 Å². The highest BCUT2D eigenvalue weighted by molar-refractivity contribution is 6.12. The number of carbonyl (C=O) groups excluding carboxylic acids is 1. The summed E-state index contributed by atoms with van der Waals surface area (Å²) < 4.78 is 13.0. The van der Waals surface area contributed by atoms with E-state index >= 15 is 0 Å². The first-order valence-corrected chi connectivity index (χ1v) is 5.05. The van der Waals surface area contributed by atoms with Crippen LogP contribution < -0.4 is 10.7 Å². The molecule has 0 bridgehead atoms. The molecule has 0 aromatic heterocycles. The van der Waals surface area contributed by atoms with Crippen LogP contribution in [0.15, 0.2) is 29.4 Å². The molecule has 2 rings (SSSR count). The van der Waals surface area contributed by atoms with E-state index in [4.69, 9.17) is 5.73 Å². The summed E-state index contributed by atoms with van der Waals surface area (Å²) in [4.78, 5) is 11.6. The summed E-state index contributed by atoms with van der Waals surface area (Å²) in [5, 5.41) is 5.35. The standard InChI is InChI=1S/C11H12FN3O/c12-8-2-1-3-10(6-8)15-11(16)7-9(14-15)4-5-13/h1-3,6H,4-5,7,13H2. The molecule has 0 saturated carbocycles. The van der Waals surface area contributed by atoms with Gasteiger partial charge in [-0.25, -0.2) is 9.40 Å². The monoisotopic (exact) mass is 221 g/mol. The third-order valence-corrected chi connectivity index (χ3v) is 2.32. The number of hydrogen-bond donors (Lipinski definition) is 1. The van der Waals surface area contributed by atoms with Gasteiger partial charge in [0.15, 0.2) is 0 Å². The summed E-state index contributed by atoms with van der Waals surface area (Å²) in [5.41, 5.74) is 6.59. The third-order valence-electron chi connectivity index (χ3n) is 2.32. The van der Waals surface area contributed by atoms with E-state index in [9.17, 15) is 9.18 Å². The van der Waals surface area contributed by atoms with Gasteiger partial charge >= 0.3 is 0 Å². The molecule has 1 aliphatic heterocycles. The number of nitrogens with zero attached hydrogens (tertiary/aromatic N) is 2. The predicted octanol–water partition coefficient (Wildman–Crippen LogP) is 1.27. The SMILES string of the molecule is NCCC1=NN(c2cccc(F)c2)C(=O)C1. The van der Waals surface area contributed by atoms with Gasteiger partial charge in [0.25, 0.3) is 5.91 Å². The largest absolute Gasteiger partial charge is 0.330 e. The van der Waals surface area contributed by atoms with Crippen LogP contribution in [0.4, 0.5) is 10.1 Å². The van der Waals surface area contributed by atoms with Crippen LogP contribution in [0, 0.1) is 5.82 Å². The van der Waals surface area contributed by atoms with Crippen molar-refractivity contribution < 1.29 is 9.18 Å². The highest BCUT2D eigenvalue weighted by Gasteiger charge is 2.24. The Balaban J connectivity index is 2.24. The second-order valence-corrected chi connectivity index (χ2v) is 3.57. The maximum Gasteiger partial charge on any atom is 0.253 e. The molecule has 5 heteroatoms. The number of amides is 1. The number of rotatable bonds is 3. The molecule has 0 aliphatic carbocycles. The quantitative estimate of drug-likeness (QED) is 0.835. The number of benzene rings is 1. The topological polar surface area (TPSA) is 58.7 Å². The lowest BCUT2D eigenvalue weighted by molar-refractivity contribution is -0.116.